The zero-order valence-electron chi connectivity index (χ0n) is 14.4. The molecule has 0 radical (unpaired) electrons. The third kappa shape index (κ3) is 3.65. The van der Waals surface area contributed by atoms with E-state index < -0.39 is 17.8 Å². The van der Waals surface area contributed by atoms with Crippen LogP contribution >= 0.6 is 0 Å². The lowest BCUT2D eigenvalue weighted by Gasteiger charge is -2.47. The summed E-state index contributed by atoms with van der Waals surface area (Å²) in [6, 6.07) is 10.6. The SMILES string of the molecule is CNC1C[C@@H](O)C(O)(CN2CCC(c3ccccc3)CC2)[C@@H](O)C1. The lowest BCUT2D eigenvalue weighted by Crippen LogP contribution is -2.64. The van der Waals surface area contributed by atoms with E-state index in [1.807, 2.05) is 13.1 Å². The number of piperidine rings is 1. The molecule has 1 saturated heterocycles. The van der Waals surface area contributed by atoms with Gasteiger partial charge in [-0.2, -0.15) is 0 Å². The molecule has 1 heterocycles. The number of rotatable bonds is 4. The molecule has 0 spiro atoms. The molecule has 5 heteroatoms. The molecule has 0 bridgehead atoms. The van der Waals surface area contributed by atoms with Crippen molar-refractivity contribution in [2.75, 3.05) is 26.7 Å². The van der Waals surface area contributed by atoms with Crippen LogP contribution in [-0.2, 0) is 0 Å². The Morgan fingerprint density at radius 1 is 1.08 bits per heavy atom. The fourth-order valence-electron chi connectivity index (χ4n) is 4.22. The summed E-state index contributed by atoms with van der Waals surface area (Å²) in [4.78, 5) is 2.19. The van der Waals surface area contributed by atoms with Crippen LogP contribution in [0.15, 0.2) is 30.3 Å². The maximum absolute atomic E-state index is 10.9. The van der Waals surface area contributed by atoms with E-state index in [1.165, 1.54) is 5.56 Å². The maximum Gasteiger partial charge on any atom is 0.129 e. The van der Waals surface area contributed by atoms with Crippen LogP contribution in [0, 0.1) is 0 Å². The number of nitrogens with zero attached hydrogens (tertiary/aromatic N) is 1. The van der Waals surface area contributed by atoms with Gasteiger partial charge < -0.3 is 25.5 Å². The van der Waals surface area contributed by atoms with Crippen molar-refractivity contribution in [1.29, 1.82) is 0 Å². The lowest BCUT2D eigenvalue weighted by atomic mass is 9.76. The van der Waals surface area contributed by atoms with Crippen LogP contribution in [-0.4, -0.2) is 70.8 Å². The molecular weight excluding hydrogens is 304 g/mol. The van der Waals surface area contributed by atoms with E-state index in [9.17, 15) is 15.3 Å². The molecule has 1 saturated carbocycles. The van der Waals surface area contributed by atoms with Gasteiger partial charge in [-0.05, 0) is 57.3 Å². The normalized spacial score (nSPS) is 35.9. The van der Waals surface area contributed by atoms with Crippen LogP contribution in [0.3, 0.4) is 0 Å². The number of hydrogen-bond acceptors (Lipinski definition) is 5. The summed E-state index contributed by atoms with van der Waals surface area (Å²) in [6.07, 6.45) is 1.25. The zero-order chi connectivity index (χ0) is 17.2. The fraction of sp³-hybridized carbons (Fsp3) is 0.684. The van der Waals surface area contributed by atoms with Gasteiger partial charge in [-0.25, -0.2) is 0 Å². The number of aliphatic hydroxyl groups is 3. The molecule has 1 aliphatic heterocycles. The van der Waals surface area contributed by atoms with Crippen molar-refractivity contribution in [2.24, 2.45) is 0 Å². The van der Waals surface area contributed by atoms with E-state index in [0.717, 1.165) is 25.9 Å². The minimum absolute atomic E-state index is 0.0547. The second-order valence-corrected chi connectivity index (χ2v) is 7.44. The van der Waals surface area contributed by atoms with Crippen molar-refractivity contribution in [2.45, 2.75) is 55.5 Å². The van der Waals surface area contributed by atoms with Crippen molar-refractivity contribution in [3.05, 3.63) is 35.9 Å². The highest BCUT2D eigenvalue weighted by molar-refractivity contribution is 5.20. The molecule has 134 valence electrons. The summed E-state index contributed by atoms with van der Waals surface area (Å²) >= 11 is 0. The Bertz CT molecular complexity index is 505. The van der Waals surface area contributed by atoms with E-state index in [2.05, 4.69) is 34.5 Å². The molecule has 4 N–H and O–H groups in total. The summed E-state index contributed by atoms with van der Waals surface area (Å²) in [5.74, 6) is 0.562. The van der Waals surface area contributed by atoms with Gasteiger partial charge in [0.05, 0.1) is 12.2 Å². The molecule has 5 nitrogen and oxygen atoms in total. The van der Waals surface area contributed by atoms with Gasteiger partial charge >= 0.3 is 0 Å². The van der Waals surface area contributed by atoms with Gasteiger partial charge in [0.25, 0.3) is 0 Å². The average Bonchev–Trinajstić information content (AvgIpc) is 2.61. The van der Waals surface area contributed by atoms with Gasteiger partial charge in [0.15, 0.2) is 0 Å². The third-order valence-electron chi connectivity index (χ3n) is 5.91. The quantitative estimate of drug-likeness (QED) is 0.652. The predicted octanol–water partition coefficient (Wildman–Crippen LogP) is 0.701. The number of likely N-dealkylation sites (tertiary alicyclic amines) is 1. The van der Waals surface area contributed by atoms with E-state index in [4.69, 9.17) is 0 Å². The highest BCUT2D eigenvalue weighted by Crippen LogP contribution is 2.33. The second kappa shape index (κ2) is 7.50. The monoisotopic (exact) mass is 334 g/mol. The summed E-state index contributed by atoms with van der Waals surface area (Å²) in [7, 11) is 1.82. The molecule has 1 aromatic carbocycles. The smallest absolute Gasteiger partial charge is 0.129 e. The minimum Gasteiger partial charge on any atom is -0.390 e. The van der Waals surface area contributed by atoms with E-state index in [-0.39, 0.29) is 6.04 Å². The van der Waals surface area contributed by atoms with Gasteiger partial charge in [-0.3, -0.25) is 0 Å². The first-order valence-corrected chi connectivity index (χ1v) is 9.06. The van der Waals surface area contributed by atoms with Crippen molar-refractivity contribution >= 4 is 0 Å². The largest absolute Gasteiger partial charge is 0.390 e. The van der Waals surface area contributed by atoms with E-state index in [0.29, 0.717) is 25.3 Å². The Labute approximate surface area is 144 Å². The van der Waals surface area contributed by atoms with Crippen LogP contribution in [0.5, 0.6) is 0 Å². The first kappa shape index (κ1) is 17.8. The first-order valence-electron chi connectivity index (χ1n) is 9.06. The van der Waals surface area contributed by atoms with Crippen LogP contribution in [0.1, 0.15) is 37.2 Å². The Kier molecular flexibility index (Phi) is 5.57. The topological polar surface area (TPSA) is 76.0 Å². The van der Waals surface area contributed by atoms with E-state index >= 15 is 0 Å². The maximum atomic E-state index is 10.9. The second-order valence-electron chi connectivity index (χ2n) is 7.44. The lowest BCUT2D eigenvalue weighted by molar-refractivity contribution is -0.182. The number of aliphatic hydroxyl groups excluding tert-OH is 2. The van der Waals surface area contributed by atoms with Crippen molar-refractivity contribution in [3.8, 4) is 0 Å². The van der Waals surface area contributed by atoms with Gasteiger partial charge in [0.1, 0.15) is 5.60 Å². The zero-order valence-corrected chi connectivity index (χ0v) is 14.4. The molecule has 1 aromatic rings. The van der Waals surface area contributed by atoms with Crippen LogP contribution < -0.4 is 5.32 Å². The van der Waals surface area contributed by atoms with E-state index in [1.54, 1.807) is 0 Å². The summed E-state index contributed by atoms with van der Waals surface area (Å²) in [6.45, 7) is 2.11. The van der Waals surface area contributed by atoms with Gasteiger partial charge in [-0.15, -0.1) is 0 Å². The molecule has 4 atom stereocenters. The van der Waals surface area contributed by atoms with Crippen molar-refractivity contribution in [3.63, 3.8) is 0 Å². The highest BCUT2D eigenvalue weighted by atomic mass is 16.4. The number of benzene rings is 1. The Balaban J connectivity index is 1.57. The molecule has 0 amide bonds. The van der Waals surface area contributed by atoms with Crippen molar-refractivity contribution in [1.82, 2.24) is 10.2 Å². The minimum atomic E-state index is -1.42. The Morgan fingerprint density at radius 3 is 2.21 bits per heavy atom. The summed E-state index contributed by atoms with van der Waals surface area (Å²) in [5, 5.41) is 34.7. The van der Waals surface area contributed by atoms with Gasteiger partial charge in [0.2, 0.25) is 0 Å². The molecule has 24 heavy (non-hydrogen) atoms. The summed E-state index contributed by atoms with van der Waals surface area (Å²) < 4.78 is 0. The number of β-amino-alcohol motifs (C(OH)–C–C–N with tert-alkyl or cyclic N) is 1. The molecular formula is C19H30N2O3. The first-order chi connectivity index (χ1) is 11.5. The molecule has 3 rings (SSSR count). The third-order valence-corrected chi connectivity index (χ3v) is 5.91. The molecule has 0 aromatic heterocycles. The van der Waals surface area contributed by atoms with Crippen LogP contribution in [0.4, 0.5) is 0 Å². The molecule has 2 unspecified atom stereocenters. The Morgan fingerprint density at radius 2 is 1.67 bits per heavy atom. The van der Waals surface area contributed by atoms with Crippen LogP contribution in [0.2, 0.25) is 0 Å². The molecule has 2 fully saturated rings. The average molecular weight is 334 g/mol. The molecule has 2 aliphatic rings. The number of nitrogens with one attached hydrogen (secondary N) is 1. The predicted molar refractivity (Wildman–Crippen MR) is 93.9 cm³/mol. The Hall–Kier alpha value is -0.980. The van der Waals surface area contributed by atoms with Gasteiger partial charge in [-0.1, -0.05) is 30.3 Å². The summed E-state index contributed by atoms with van der Waals surface area (Å²) in [5.41, 5.74) is -0.0436. The fourth-order valence-corrected chi connectivity index (χ4v) is 4.22. The molecule has 1 aliphatic carbocycles. The number of hydrogen-bond donors (Lipinski definition) is 4. The van der Waals surface area contributed by atoms with Crippen LogP contribution in [0.25, 0.3) is 0 Å². The van der Waals surface area contributed by atoms with Gasteiger partial charge in [0, 0.05) is 12.6 Å². The highest BCUT2D eigenvalue weighted by Gasteiger charge is 2.49. The standard InChI is InChI=1S/C19H30N2O3/c1-20-16-11-17(22)19(24,18(23)12-16)13-21-9-7-15(8-10-21)14-5-3-2-4-6-14/h2-6,15-18,20,22-24H,7-13H2,1H3/t16?,17-,18+,19?. The van der Waals surface area contributed by atoms with Crippen molar-refractivity contribution < 1.29 is 15.3 Å².